The summed E-state index contributed by atoms with van der Waals surface area (Å²) in [6.45, 7) is 4.48. The van der Waals surface area contributed by atoms with Crippen LogP contribution in [0, 0.1) is 5.41 Å². The van der Waals surface area contributed by atoms with Gasteiger partial charge in [-0.2, -0.15) is 0 Å². The number of rotatable bonds is 10. The SMILES string of the molecule is CCCCC(CCCC)(COC(N)=O)COC(N)=O. The fourth-order valence-corrected chi connectivity index (χ4v) is 2.01. The van der Waals surface area contributed by atoms with Crippen molar-refractivity contribution < 1.29 is 19.1 Å². The van der Waals surface area contributed by atoms with Crippen molar-refractivity contribution in [3.05, 3.63) is 0 Å². The maximum atomic E-state index is 10.8. The van der Waals surface area contributed by atoms with Crippen LogP contribution in [0.2, 0.25) is 0 Å². The van der Waals surface area contributed by atoms with E-state index in [4.69, 9.17) is 20.9 Å². The van der Waals surface area contributed by atoms with Crippen LogP contribution in [0.1, 0.15) is 52.4 Å². The second kappa shape index (κ2) is 9.47. The smallest absolute Gasteiger partial charge is 0.404 e. The Morgan fingerprint density at radius 2 is 1.26 bits per heavy atom. The normalized spacial score (nSPS) is 11.1. The van der Waals surface area contributed by atoms with E-state index in [1.165, 1.54) is 0 Å². The first-order valence-corrected chi connectivity index (χ1v) is 6.80. The maximum absolute atomic E-state index is 10.8. The molecule has 112 valence electrons. The molecule has 0 bridgehead atoms. The van der Waals surface area contributed by atoms with E-state index in [1.54, 1.807) is 0 Å². The van der Waals surface area contributed by atoms with Crippen molar-refractivity contribution in [2.75, 3.05) is 13.2 Å². The molecule has 0 saturated carbocycles. The van der Waals surface area contributed by atoms with Crippen molar-refractivity contribution in [3.63, 3.8) is 0 Å². The van der Waals surface area contributed by atoms with Crippen LogP contribution in [-0.4, -0.2) is 25.4 Å². The van der Waals surface area contributed by atoms with Crippen molar-refractivity contribution in [2.45, 2.75) is 52.4 Å². The first-order valence-electron chi connectivity index (χ1n) is 6.80. The molecule has 0 radical (unpaired) electrons. The lowest BCUT2D eigenvalue weighted by molar-refractivity contribution is 0.0172. The number of nitrogens with two attached hydrogens (primary N) is 2. The van der Waals surface area contributed by atoms with Gasteiger partial charge in [-0.25, -0.2) is 9.59 Å². The molecule has 6 nitrogen and oxygen atoms in total. The first kappa shape index (κ1) is 17.5. The minimum Gasteiger partial charge on any atom is -0.449 e. The van der Waals surface area contributed by atoms with Crippen LogP contribution in [-0.2, 0) is 9.47 Å². The third-order valence-corrected chi connectivity index (χ3v) is 3.16. The minimum atomic E-state index is -0.809. The molecule has 19 heavy (non-hydrogen) atoms. The minimum absolute atomic E-state index is 0.162. The zero-order chi connectivity index (χ0) is 14.7. The van der Waals surface area contributed by atoms with E-state index in [0.717, 1.165) is 38.5 Å². The monoisotopic (exact) mass is 274 g/mol. The van der Waals surface area contributed by atoms with Gasteiger partial charge in [-0.3, -0.25) is 0 Å². The molecule has 0 spiro atoms. The van der Waals surface area contributed by atoms with Crippen LogP contribution in [0.15, 0.2) is 0 Å². The molecule has 0 aromatic carbocycles. The van der Waals surface area contributed by atoms with Crippen molar-refractivity contribution in [2.24, 2.45) is 16.9 Å². The Bertz CT molecular complexity index is 254. The second-order valence-corrected chi connectivity index (χ2v) is 4.92. The Morgan fingerprint density at radius 1 is 0.895 bits per heavy atom. The van der Waals surface area contributed by atoms with Gasteiger partial charge in [0.15, 0.2) is 0 Å². The van der Waals surface area contributed by atoms with E-state index in [-0.39, 0.29) is 18.6 Å². The van der Waals surface area contributed by atoms with Gasteiger partial charge in [-0.15, -0.1) is 0 Å². The third kappa shape index (κ3) is 8.29. The van der Waals surface area contributed by atoms with E-state index in [1.807, 2.05) is 0 Å². The highest BCUT2D eigenvalue weighted by molar-refractivity contribution is 5.65. The highest BCUT2D eigenvalue weighted by atomic mass is 16.6. The molecule has 0 aromatic rings. The second-order valence-electron chi connectivity index (χ2n) is 4.92. The molecule has 0 atom stereocenters. The average molecular weight is 274 g/mol. The molecule has 0 unspecified atom stereocenters. The van der Waals surface area contributed by atoms with Crippen LogP contribution in [0.25, 0.3) is 0 Å². The van der Waals surface area contributed by atoms with Crippen LogP contribution < -0.4 is 11.5 Å². The van der Waals surface area contributed by atoms with E-state index in [2.05, 4.69) is 13.8 Å². The summed E-state index contributed by atoms with van der Waals surface area (Å²) in [5.74, 6) is 0. The molecule has 6 heteroatoms. The lowest BCUT2D eigenvalue weighted by Gasteiger charge is -2.32. The number of primary amides is 2. The van der Waals surface area contributed by atoms with Crippen molar-refractivity contribution >= 4 is 12.2 Å². The lowest BCUT2D eigenvalue weighted by Crippen LogP contribution is -2.36. The number of unbranched alkanes of at least 4 members (excludes halogenated alkanes) is 2. The summed E-state index contributed by atoms with van der Waals surface area (Å²) in [7, 11) is 0. The highest BCUT2D eigenvalue weighted by Crippen LogP contribution is 2.32. The van der Waals surface area contributed by atoms with E-state index in [0.29, 0.717) is 0 Å². The molecule has 0 aromatic heterocycles. The number of hydrogen-bond acceptors (Lipinski definition) is 4. The van der Waals surface area contributed by atoms with E-state index in [9.17, 15) is 9.59 Å². The van der Waals surface area contributed by atoms with Crippen LogP contribution in [0.3, 0.4) is 0 Å². The number of ether oxygens (including phenoxy) is 2. The van der Waals surface area contributed by atoms with Gasteiger partial charge in [0.1, 0.15) is 13.2 Å². The summed E-state index contributed by atoms with van der Waals surface area (Å²) < 4.78 is 9.88. The van der Waals surface area contributed by atoms with E-state index < -0.39 is 12.2 Å². The molecule has 0 aliphatic carbocycles. The zero-order valence-electron chi connectivity index (χ0n) is 11.9. The molecule has 0 fully saturated rings. The Labute approximate surface area is 114 Å². The topological polar surface area (TPSA) is 105 Å². The standard InChI is InChI=1S/C13H26N2O4/c1-3-5-7-13(8-6-4-2,9-18-11(14)16)10-19-12(15)17/h3-10H2,1-2H3,(H2,14,16)(H2,15,17). The molecule has 2 amide bonds. The molecule has 4 N–H and O–H groups in total. The van der Waals surface area contributed by atoms with Gasteiger partial charge in [-0.05, 0) is 12.8 Å². The summed E-state index contributed by atoms with van der Waals surface area (Å²) in [4.78, 5) is 21.6. The lowest BCUT2D eigenvalue weighted by atomic mass is 9.79. The first-order chi connectivity index (χ1) is 8.95. The van der Waals surface area contributed by atoms with Gasteiger partial charge in [0, 0.05) is 5.41 Å². The number of carbonyl (C=O) groups excluding carboxylic acids is 2. The van der Waals surface area contributed by atoms with Crippen molar-refractivity contribution in [1.29, 1.82) is 0 Å². The summed E-state index contributed by atoms with van der Waals surface area (Å²) in [6, 6.07) is 0. The summed E-state index contributed by atoms with van der Waals surface area (Å²) in [5, 5.41) is 0. The fraction of sp³-hybridized carbons (Fsp3) is 0.846. The van der Waals surface area contributed by atoms with Gasteiger partial charge >= 0.3 is 12.2 Å². The van der Waals surface area contributed by atoms with Crippen LogP contribution in [0.5, 0.6) is 0 Å². The van der Waals surface area contributed by atoms with Crippen molar-refractivity contribution in [3.8, 4) is 0 Å². The summed E-state index contributed by atoms with van der Waals surface area (Å²) in [6.07, 6.45) is 3.96. The zero-order valence-corrected chi connectivity index (χ0v) is 11.9. The van der Waals surface area contributed by atoms with Gasteiger partial charge in [-0.1, -0.05) is 39.5 Å². The van der Waals surface area contributed by atoms with Gasteiger partial charge < -0.3 is 20.9 Å². The molecular weight excluding hydrogens is 248 g/mol. The van der Waals surface area contributed by atoms with Gasteiger partial charge in [0.2, 0.25) is 0 Å². The van der Waals surface area contributed by atoms with Gasteiger partial charge in [0.05, 0.1) is 0 Å². The highest BCUT2D eigenvalue weighted by Gasteiger charge is 2.32. The van der Waals surface area contributed by atoms with Crippen molar-refractivity contribution in [1.82, 2.24) is 0 Å². The predicted octanol–water partition coefficient (Wildman–Crippen LogP) is 2.54. The average Bonchev–Trinajstić information content (AvgIpc) is 2.37. The van der Waals surface area contributed by atoms with Gasteiger partial charge in [0.25, 0.3) is 0 Å². The van der Waals surface area contributed by atoms with E-state index >= 15 is 0 Å². The largest absolute Gasteiger partial charge is 0.449 e. The Hall–Kier alpha value is -1.46. The predicted molar refractivity (Wildman–Crippen MR) is 72.6 cm³/mol. The molecule has 0 heterocycles. The van der Waals surface area contributed by atoms with Crippen LogP contribution >= 0.6 is 0 Å². The summed E-state index contributed by atoms with van der Waals surface area (Å²) >= 11 is 0. The Kier molecular flexibility index (Phi) is 8.74. The Balaban J connectivity index is 4.71. The molecule has 0 rings (SSSR count). The third-order valence-electron chi connectivity index (χ3n) is 3.16. The maximum Gasteiger partial charge on any atom is 0.404 e. The molecule has 0 aliphatic heterocycles. The molecular formula is C13H26N2O4. The van der Waals surface area contributed by atoms with Crippen LogP contribution in [0.4, 0.5) is 9.59 Å². The quantitative estimate of drug-likeness (QED) is 0.638. The number of hydrogen-bond donors (Lipinski definition) is 2. The fourth-order valence-electron chi connectivity index (χ4n) is 2.01. The summed E-state index contributed by atoms with van der Waals surface area (Å²) in [5.41, 5.74) is 9.66. The number of amides is 2. The molecule has 0 aliphatic rings. The molecule has 0 saturated heterocycles. The Morgan fingerprint density at radius 3 is 1.53 bits per heavy atom. The number of carbonyl (C=O) groups is 2.